The Hall–Kier alpha value is -1.72. The van der Waals surface area contributed by atoms with Gasteiger partial charge < -0.3 is 10.6 Å². The number of likely N-dealkylation sites (tertiary alicyclic amines) is 1. The van der Waals surface area contributed by atoms with E-state index in [4.69, 9.17) is 5.73 Å². The van der Waals surface area contributed by atoms with Crippen LogP contribution in [-0.4, -0.2) is 23.9 Å². The van der Waals surface area contributed by atoms with Gasteiger partial charge in [-0.05, 0) is 37.0 Å². The number of hydrogen-bond acceptors (Lipinski definition) is 2. The molecular formula is C15H19F3N2O. The van der Waals surface area contributed by atoms with Crippen LogP contribution in [0, 0.1) is 5.92 Å². The summed E-state index contributed by atoms with van der Waals surface area (Å²) in [4.78, 5) is 14.0. The number of nitrogens with two attached hydrogens (primary N) is 1. The van der Waals surface area contributed by atoms with Gasteiger partial charge in [-0.25, -0.2) is 0 Å². The lowest BCUT2D eigenvalue weighted by atomic mass is 10.0. The van der Waals surface area contributed by atoms with Crippen LogP contribution in [0.25, 0.3) is 0 Å². The average Bonchev–Trinajstić information content (AvgIpc) is 2.86. The van der Waals surface area contributed by atoms with Gasteiger partial charge in [0.2, 0.25) is 0 Å². The SMILES string of the molecule is CCCC1CCN(C(=O)c2cc(C(F)(F)F)ccc2N)C1. The number of anilines is 1. The van der Waals surface area contributed by atoms with E-state index < -0.39 is 17.6 Å². The highest BCUT2D eigenvalue weighted by Gasteiger charge is 2.33. The van der Waals surface area contributed by atoms with Gasteiger partial charge in [0.25, 0.3) is 5.91 Å². The number of carbonyl (C=O) groups is 1. The van der Waals surface area contributed by atoms with Crippen molar-refractivity contribution in [1.29, 1.82) is 0 Å². The number of carbonyl (C=O) groups excluding carboxylic acids is 1. The predicted octanol–water partition coefficient (Wildman–Crippen LogP) is 3.55. The first-order valence-electron chi connectivity index (χ1n) is 7.09. The zero-order chi connectivity index (χ0) is 15.6. The summed E-state index contributed by atoms with van der Waals surface area (Å²) in [7, 11) is 0. The van der Waals surface area contributed by atoms with Crippen molar-refractivity contribution in [1.82, 2.24) is 4.90 Å². The molecule has 3 nitrogen and oxygen atoms in total. The van der Waals surface area contributed by atoms with Gasteiger partial charge >= 0.3 is 6.18 Å². The minimum atomic E-state index is -4.47. The molecule has 1 heterocycles. The maximum Gasteiger partial charge on any atom is 0.416 e. The van der Waals surface area contributed by atoms with Gasteiger partial charge in [0.05, 0.1) is 11.1 Å². The summed E-state index contributed by atoms with van der Waals surface area (Å²) in [5.74, 6) is 0.0307. The van der Waals surface area contributed by atoms with E-state index in [-0.39, 0.29) is 11.3 Å². The number of amides is 1. The van der Waals surface area contributed by atoms with Crippen molar-refractivity contribution >= 4 is 11.6 Å². The molecule has 0 bridgehead atoms. The largest absolute Gasteiger partial charge is 0.416 e. The molecule has 0 spiro atoms. The number of benzene rings is 1. The highest BCUT2D eigenvalue weighted by molar-refractivity contribution is 5.99. The molecule has 1 aromatic rings. The van der Waals surface area contributed by atoms with E-state index in [1.54, 1.807) is 4.90 Å². The second kappa shape index (κ2) is 5.95. The molecule has 0 saturated carbocycles. The molecular weight excluding hydrogens is 281 g/mol. The van der Waals surface area contributed by atoms with Crippen LogP contribution in [0.2, 0.25) is 0 Å². The third kappa shape index (κ3) is 3.49. The van der Waals surface area contributed by atoms with Crippen LogP contribution in [0.1, 0.15) is 42.1 Å². The summed E-state index contributed by atoms with van der Waals surface area (Å²) in [5, 5.41) is 0. The molecule has 1 fully saturated rings. The lowest BCUT2D eigenvalue weighted by molar-refractivity contribution is -0.137. The summed E-state index contributed by atoms with van der Waals surface area (Å²) in [5.41, 5.74) is 4.87. The quantitative estimate of drug-likeness (QED) is 0.868. The third-order valence-corrected chi connectivity index (χ3v) is 3.88. The summed E-state index contributed by atoms with van der Waals surface area (Å²) in [6.45, 7) is 3.26. The molecule has 0 radical (unpaired) electrons. The molecule has 1 aliphatic rings. The zero-order valence-electron chi connectivity index (χ0n) is 11.9. The van der Waals surface area contributed by atoms with Crippen molar-refractivity contribution in [2.24, 2.45) is 5.92 Å². The predicted molar refractivity (Wildman–Crippen MR) is 74.8 cm³/mol. The number of hydrogen-bond donors (Lipinski definition) is 1. The van der Waals surface area contributed by atoms with E-state index in [9.17, 15) is 18.0 Å². The van der Waals surface area contributed by atoms with Gasteiger partial charge in [-0.2, -0.15) is 13.2 Å². The van der Waals surface area contributed by atoms with E-state index in [2.05, 4.69) is 6.92 Å². The molecule has 0 aliphatic carbocycles. The van der Waals surface area contributed by atoms with Gasteiger partial charge in [-0.3, -0.25) is 4.79 Å². The zero-order valence-corrected chi connectivity index (χ0v) is 11.9. The molecule has 1 unspecified atom stereocenters. The Kier molecular flexibility index (Phi) is 4.44. The molecule has 2 N–H and O–H groups in total. The Morgan fingerprint density at radius 1 is 1.43 bits per heavy atom. The first-order valence-corrected chi connectivity index (χ1v) is 7.09. The average molecular weight is 300 g/mol. The van der Waals surface area contributed by atoms with Gasteiger partial charge in [-0.15, -0.1) is 0 Å². The van der Waals surface area contributed by atoms with Gasteiger partial charge in [-0.1, -0.05) is 13.3 Å². The minimum Gasteiger partial charge on any atom is -0.398 e. The molecule has 0 aromatic heterocycles. The number of alkyl halides is 3. The molecule has 6 heteroatoms. The highest BCUT2D eigenvalue weighted by Crippen LogP contribution is 2.32. The van der Waals surface area contributed by atoms with Gasteiger partial charge in [0, 0.05) is 18.8 Å². The lowest BCUT2D eigenvalue weighted by Crippen LogP contribution is -2.29. The van der Waals surface area contributed by atoms with Crippen molar-refractivity contribution in [3.05, 3.63) is 29.3 Å². The molecule has 1 amide bonds. The maximum absolute atomic E-state index is 12.7. The monoisotopic (exact) mass is 300 g/mol. The fraction of sp³-hybridized carbons (Fsp3) is 0.533. The number of nitrogens with zero attached hydrogens (tertiary/aromatic N) is 1. The van der Waals surface area contributed by atoms with Crippen molar-refractivity contribution in [3.8, 4) is 0 Å². The Labute approximate surface area is 121 Å². The normalized spacial score (nSPS) is 19.0. The molecule has 1 atom stereocenters. The Morgan fingerprint density at radius 3 is 2.76 bits per heavy atom. The van der Waals surface area contributed by atoms with E-state index in [1.807, 2.05) is 0 Å². The van der Waals surface area contributed by atoms with Crippen molar-refractivity contribution in [3.63, 3.8) is 0 Å². The first-order chi connectivity index (χ1) is 9.82. The van der Waals surface area contributed by atoms with E-state index in [0.29, 0.717) is 19.0 Å². The summed E-state index contributed by atoms with van der Waals surface area (Å²) in [6, 6.07) is 2.90. The number of halogens is 3. The van der Waals surface area contributed by atoms with Crippen LogP contribution < -0.4 is 5.73 Å². The number of nitrogen functional groups attached to an aromatic ring is 1. The van der Waals surface area contributed by atoms with E-state index >= 15 is 0 Å². The molecule has 1 aromatic carbocycles. The second-order valence-electron chi connectivity index (χ2n) is 5.49. The van der Waals surface area contributed by atoms with Crippen LogP contribution in [0.3, 0.4) is 0 Å². The fourth-order valence-electron chi connectivity index (χ4n) is 2.75. The Morgan fingerprint density at radius 2 is 2.14 bits per heavy atom. The van der Waals surface area contributed by atoms with E-state index in [1.165, 1.54) is 0 Å². The van der Waals surface area contributed by atoms with Crippen molar-refractivity contribution < 1.29 is 18.0 Å². The van der Waals surface area contributed by atoms with Gasteiger partial charge in [0.15, 0.2) is 0 Å². The van der Waals surface area contributed by atoms with Crippen LogP contribution in [0.5, 0.6) is 0 Å². The van der Waals surface area contributed by atoms with Crippen LogP contribution in [0.15, 0.2) is 18.2 Å². The molecule has 1 saturated heterocycles. The smallest absolute Gasteiger partial charge is 0.398 e. The van der Waals surface area contributed by atoms with Crippen LogP contribution >= 0.6 is 0 Å². The topological polar surface area (TPSA) is 46.3 Å². The lowest BCUT2D eigenvalue weighted by Gasteiger charge is -2.18. The molecule has 116 valence electrons. The molecule has 1 aliphatic heterocycles. The number of rotatable bonds is 3. The van der Waals surface area contributed by atoms with Crippen LogP contribution in [0.4, 0.5) is 18.9 Å². The summed E-state index contributed by atoms with van der Waals surface area (Å²) in [6.07, 6.45) is -1.50. The van der Waals surface area contributed by atoms with Crippen molar-refractivity contribution in [2.75, 3.05) is 18.8 Å². The molecule has 21 heavy (non-hydrogen) atoms. The highest BCUT2D eigenvalue weighted by atomic mass is 19.4. The maximum atomic E-state index is 12.7. The second-order valence-corrected chi connectivity index (χ2v) is 5.49. The van der Waals surface area contributed by atoms with Gasteiger partial charge in [0.1, 0.15) is 0 Å². The van der Waals surface area contributed by atoms with E-state index in [0.717, 1.165) is 37.5 Å². The fourth-order valence-corrected chi connectivity index (χ4v) is 2.75. The van der Waals surface area contributed by atoms with Crippen molar-refractivity contribution in [2.45, 2.75) is 32.4 Å². The Balaban J connectivity index is 2.20. The third-order valence-electron chi connectivity index (χ3n) is 3.88. The van der Waals surface area contributed by atoms with Crippen LogP contribution in [-0.2, 0) is 6.18 Å². The Bertz CT molecular complexity index is 528. The molecule has 2 rings (SSSR count). The first kappa shape index (κ1) is 15.7. The minimum absolute atomic E-state index is 0.0537. The summed E-state index contributed by atoms with van der Waals surface area (Å²) >= 11 is 0. The standard InChI is InChI=1S/C15H19F3N2O/c1-2-3-10-6-7-20(9-10)14(21)12-8-11(15(16,17)18)4-5-13(12)19/h4-5,8,10H,2-3,6-7,9,19H2,1H3. The summed E-state index contributed by atoms with van der Waals surface area (Å²) < 4.78 is 38.2.